The first-order valence-corrected chi connectivity index (χ1v) is 7.72. The second kappa shape index (κ2) is 6.71. The fraction of sp³-hybridized carbons (Fsp3) is 0.429. The molecule has 0 fully saturated rings. The van der Waals surface area contributed by atoms with Gasteiger partial charge >= 0.3 is 5.69 Å². The van der Waals surface area contributed by atoms with Crippen LogP contribution in [0.2, 0.25) is 0 Å². The quantitative estimate of drug-likeness (QED) is 0.801. The molecule has 0 atom stereocenters. The standard InChI is InChI=1S/C14H20N4O2S/c1-4-8-20-10-6-5-7-11(12(10)15)21-14-17-16-13(19)18(14)9(2)3/h5-7,9H,4,8,15H2,1-3H3,(H,16,19). The maximum atomic E-state index is 11.7. The number of H-pyrrole nitrogens is 1. The van der Waals surface area contributed by atoms with Gasteiger partial charge in [0.1, 0.15) is 5.75 Å². The number of aromatic amines is 1. The van der Waals surface area contributed by atoms with Gasteiger partial charge < -0.3 is 10.5 Å². The Morgan fingerprint density at radius 1 is 1.48 bits per heavy atom. The van der Waals surface area contributed by atoms with Gasteiger partial charge in [0.15, 0.2) is 5.16 Å². The van der Waals surface area contributed by atoms with Crippen molar-refractivity contribution in [1.29, 1.82) is 0 Å². The van der Waals surface area contributed by atoms with Crippen LogP contribution in [0.3, 0.4) is 0 Å². The first-order valence-electron chi connectivity index (χ1n) is 6.90. The summed E-state index contributed by atoms with van der Waals surface area (Å²) in [6, 6.07) is 5.64. The fourth-order valence-corrected chi connectivity index (χ4v) is 2.90. The molecule has 2 aromatic rings. The van der Waals surface area contributed by atoms with Gasteiger partial charge in [-0.1, -0.05) is 13.0 Å². The zero-order valence-corrected chi connectivity index (χ0v) is 13.2. The van der Waals surface area contributed by atoms with E-state index in [0.29, 0.717) is 23.2 Å². The summed E-state index contributed by atoms with van der Waals surface area (Å²) in [5, 5.41) is 7.12. The molecular formula is C14H20N4O2S. The Labute approximate surface area is 127 Å². The monoisotopic (exact) mass is 308 g/mol. The Kier molecular flexibility index (Phi) is 4.95. The van der Waals surface area contributed by atoms with E-state index in [-0.39, 0.29) is 11.7 Å². The minimum Gasteiger partial charge on any atom is -0.491 e. The van der Waals surface area contributed by atoms with Gasteiger partial charge in [-0.15, -0.1) is 5.10 Å². The number of rotatable bonds is 6. The summed E-state index contributed by atoms with van der Waals surface area (Å²) in [6.07, 6.45) is 0.920. The third-order valence-corrected chi connectivity index (χ3v) is 3.92. The van der Waals surface area contributed by atoms with Crippen LogP contribution in [-0.2, 0) is 0 Å². The first-order chi connectivity index (χ1) is 10.0. The highest BCUT2D eigenvalue weighted by molar-refractivity contribution is 7.99. The molecule has 6 nitrogen and oxygen atoms in total. The van der Waals surface area contributed by atoms with Crippen LogP contribution in [0, 0.1) is 0 Å². The van der Waals surface area contributed by atoms with Crippen LogP contribution in [0.4, 0.5) is 5.69 Å². The molecule has 0 bridgehead atoms. The molecular weight excluding hydrogens is 288 g/mol. The Morgan fingerprint density at radius 3 is 2.90 bits per heavy atom. The molecule has 0 unspecified atom stereocenters. The van der Waals surface area contributed by atoms with Crippen LogP contribution in [0.25, 0.3) is 0 Å². The lowest BCUT2D eigenvalue weighted by Gasteiger charge is -2.12. The smallest absolute Gasteiger partial charge is 0.344 e. The van der Waals surface area contributed by atoms with Crippen LogP contribution >= 0.6 is 11.8 Å². The van der Waals surface area contributed by atoms with Crippen molar-refractivity contribution in [3.63, 3.8) is 0 Å². The molecule has 2 rings (SSSR count). The summed E-state index contributed by atoms with van der Waals surface area (Å²) in [5.41, 5.74) is 6.49. The Hall–Kier alpha value is -1.89. The molecule has 0 aliphatic rings. The Bertz CT molecular complexity index is 663. The van der Waals surface area contributed by atoms with Gasteiger partial charge in [-0.25, -0.2) is 9.89 Å². The van der Waals surface area contributed by atoms with E-state index in [4.69, 9.17) is 10.5 Å². The molecule has 0 spiro atoms. The maximum Gasteiger partial charge on any atom is 0.344 e. The van der Waals surface area contributed by atoms with E-state index < -0.39 is 0 Å². The number of benzene rings is 1. The van der Waals surface area contributed by atoms with Crippen LogP contribution in [0.5, 0.6) is 5.75 Å². The van der Waals surface area contributed by atoms with Gasteiger partial charge in [-0.3, -0.25) is 4.57 Å². The summed E-state index contributed by atoms with van der Waals surface area (Å²) in [5.74, 6) is 0.663. The van der Waals surface area contributed by atoms with Crippen molar-refractivity contribution in [3.05, 3.63) is 28.7 Å². The van der Waals surface area contributed by atoms with Crippen LogP contribution in [-0.4, -0.2) is 21.4 Å². The van der Waals surface area contributed by atoms with E-state index in [1.165, 1.54) is 11.8 Å². The van der Waals surface area contributed by atoms with Crippen molar-refractivity contribution < 1.29 is 4.74 Å². The lowest BCUT2D eigenvalue weighted by molar-refractivity contribution is 0.318. The average Bonchev–Trinajstić information content (AvgIpc) is 2.81. The summed E-state index contributed by atoms with van der Waals surface area (Å²) < 4.78 is 7.21. The molecule has 1 aromatic carbocycles. The van der Waals surface area contributed by atoms with Crippen LogP contribution in [0.15, 0.2) is 33.0 Å². The largest absolute Gasteiger partial charge is 0.491 e. The molecule has 0 saturated heterocycles. The molecule has 0 aliphatic heterocycles. The molecule has 0 saturated carbocycles. The van der Waals surface area contributed by atoms with Crippen molar-refractivity contribution in [3.8, 4) is 5.75 Å². The van der Waals surface area contributed by atoms with Crippen molar-refractivity contribution in [2.75, 3.05) is 12.3 Å². The normalized spacial score (nSPS) is 11.0. The Balaban J connectivity index is 2.30. The molecule has 21 heavy (non-hydrogen) atoms. The Morgan fingerprint density at radius 2 is 2.24 bits per heavy atom. The highest BCUT2D eigenvalue weighted by Crippen LogP contribution is 2.36. The molecule has 1 heterocycles. The van der Waals surface area contributed by atoms with E-state index in [1.54, 1.807) is 4.57 Å². The number of ether oxygens (including phenoxy) is 1. The topological polar surface area (TPSA) is 85.9 Å². The fourth-order valence-electron chi connectivity index (χ4n) is 1.87. The van der Waals surface area contributed by atoms with E-state index in [2.05, 4.69) is 10.2 Å². The second-order valence-corrected chi connectivity index (χ2v) is 5.90. The second-order valence-electron chi connectivity index (χ2n) is 4.89. The molecule has 7 heteroatoms. The highest BCUT2D eigenvalue weighted by atomic mass is 32.2. The highest BCUT2D eigenvalue weighted by Gasteiger charge is 2.15. The number of nitrogen functional groups attached to an aromatic ring is 1. The van der Waals surface area contributed by atoms with Gasteiger partial charge in [0, 0.05) is 10.9 Å². The van der Waals surface area contributed by atoms with E-state index in [9.17, 15) is 4.79 Å². The number of aromatic nitrogens is 3. The van der Waals surface area contributed by atoms with Crippen LogP contribution in [0.1, 0.15) is 33.2 Å². The van der Waals surface area contributed by atoms with Gasteiger partial charge in [0.25, 0.3) is 0 Å². The number of anilines is 1. The zero-order chi connectivity index (χ0) is 15.4. The zero-order valence-electron chi connectivity index (χ0n) is 12.4. The van der Waals surface area contributed by atoms with Crippen molar-refractivity contribution in [2.45, 2.75) is 43.3 Å². The molecule has 0 radical (unpaired) electrons. The number of hydrogen-bond acceptors (Lipinski definition) is 5. The maximum absolute atomic E-state index is 11.7. The van der Waals surface area contributed by atoms with Crippen molar-refractivity contribution in [2.24, 2.45) is 0 Å². The van der Waals surface area contributed by atoms with E-state index in [1.807, 2.05) is 39.0 Å². The van der Waals surface area contributed by atoms with E-state index >= 15 is 0 Å². The summed E-state index contributed by atoms with van der Waals surface area (Å²) in [6.45, 7) is 6.54. The third kappa shape index (κ3) is 3.41. The minimum absolute atomic E-state index is 0.0273. The minimum atomic E-state index is -0.218. The third-order valence-electron chi connectivity index (χ3n) is 2.88. The predicted molar refractivity (Wildman–Crippen MR) is 84.0 cm³/mol. The predicted octanol–water partition coefficient (Wildman–Crippen LogP) is 2.67. The molecule has 0 aliphatic carbocycles. The lowest BCUT2D eigenvalue weighted by atomic mass is 10.3. The molecule has 1 aromatic heterocycles. The van der Waals surface area contributed by atoms with Crippen molar-refractivity contribution >= 4 is 17.4 Å². The number of nitrogens with two attached hydrogens (primary N) is 1. The number of nitrogens with zero attached hydrogens (tertiary/aromatic N) is 2. The van der Waals surface area contributed by atoms with Crippen molar-refractivity contribution in [1.82, 2.24) is 14.8 Å². The summed E-state index contributed by atoms with van der Waals surface area (Å²) >= 11 is 1.35. The van der Waals surface area contributed by atoms with Crippen LogP contribution < -0.4 is 16.2 Å². The number of para-hydroxylation sites is 1. The van der Waals surface area contributed by atoms with Gasteiger partial charge in [0.05, 0.1) is 12.3 Å². The lowest BCUT2D eigenvalue weighted by Crippen LogP contribution is -2.19. The van der Waals surface area contributed by atoms with Gasteiger partial charge in [-0.05, 0) is 44.2 Å². The van der Waals surface area contributed by atoms with E-state index in [0.717, 1.165) is 11.3 Å². The van der Waals surface area contributed by atoms with Gasteiger partial charge in [0.2, 0.25) is 0 Å². The number of nitrogens with one attached hydrogen (secondary N) is 1. The average molecular weight is 308 g/mol. The van der Waals surface area contributed by atoms with Gasteiger partial charge in [-0.2, -0.15) is 0 Å². The molecule has 114 valence electrons. The molecule has 3 N–H and O–H groups in total. The molecule has 0 amide bonds. The number of hydrogen-bond donors (Lipinski definition) is 2. The summed E-state index contributed by atoms with van der Waals surface area (Å²) in [4.78, 5) is 12.6. The first kappa shape index (κ1) is 15.5. The summed E-state index contributed by atoms with van der Waals surface area (Å²) in [7, 11) is 0. The SMILES string of the molecule is CCCOc1cccc(Sc2n[nH]c(=O)n2C(C)C)c1N.